The first-order valence-electron chi connectivity index (χ1n) is 7.49. The van der Waals surface area contributed by atoms with Gasteiger partial charge in [0.1, 0.15) is 0 Å². The molecule has 0 aliphatic heterocycles. The maximum atomic E-state index is 10.9. The quantitative estimate of drug-likeness (QED) is 0.558. The van der Waals surface area contributed by atoms with E-state index in [2.05, 4.69) is 22.8 Å². The summed E-state index contributed by atoms with van der Waals surface area (Å²) < 4.78 is 0. The van der Waals surface area contributed by atoms with E-state index in [1.165, 1.54) is 5.56 Å². The van der Waals surface area contributed by atoms with Crippen molar-refractivity contribution in [3.63, 3.8) is 0 Å². The molecule has 2 aromatic rings. The largest absolute Gasteiger partial charge is 0.478 e. The lowest BCUT2D eigenvalue weighted by atomic mass is 10.1. The highest BCUT2D eigenvalue weighted by Gasteiger charge is 2.06. The summed E-state index contributed by atoms with van der Waals surface area (Å²) in [6, 6.07) is 15.2. The number of aromatic carboxylic acids is 1. The number of hydrogen-bond acceptors (Lipinski definition) is 2. The van der Waals surface area contributed by atoms with Crippen molar-refractivity contribution in [1.29, 1.82) is 0 Å². The Labute approximate surface area is 141 Å². The van der Waals surface area contributed by atoms with Crippen LogP contribution >= 0.6 is 12.2 Å². The fourth-order valence-corrected chi connectivity index (χ4v) is 2.45. The van der Waals surface area contributed by atoms with Crippen LogP contribution in [0.15, 0.2) is 48.5 Å². The minimum absolute atomic E-state index is 0.273. The molecule has 2 aromatic carbocycles. The second-order valence-corrected chi connectivity index (χ2v) is 5.71. The molecule has 5 heteroatoms. The van der Waals surface area contributed by atoms with E-state index >= 15 is 0 Å². The standard InChI is InChI=1S/C18H20N2O2S/c1-13-12-15(17(21)22)9-10-16(13)20-18(23)19-11-5-8-14-6-3-2-4-7-14/h2-4,6-7,9-10,12H,5,8,11H2,1H3,(H,21,22)(H2,19,20,23). The first kappa shape index (κ1) is 17.0. The zero-order chi connectivity index (χ0) is 16.7. The molecule has 0 saturated carbocycles. The van der Waals surface area contributed by atoms with E-state index in [4.69, 9.17) is 17.3 Å². The predicted molar refractivity (Wildman–Crippen MR) is 97.1 cm³/mol. The molecule has 120 valence electrons. The Kier molecular flexibility index (Phi) is 6.11. The van der Waals surface area contributed by atoms with Gasteiger partial charge in [-0.3, -0.25) is 0 Å². The third-order valence-corrected chi connectivity index (χ3v) is 3.74. The Bertz CT molecular complexity index is 687. The van der Waals surface area contributed by atoms with Gasteiger partial charge in [-0.15, -0.1) is 0 Å². The van der Waals surface area contributed by atoms with E-state index in [-0.39, 0.29) is 5.56 Å². The summed E-state index contributed by atoms with van der Waals surface area (Å²) in [7, 11) is 0. The predicted octanol–water partition coefficient (Wildman–Crippen LogP) is 3.61. The zero-order valence-corrected chi connectivity index (χ0v) is 13.8. The Morgan fingerprint density at radius 2 is 1.91 bits per heavy atom. The minimum atomic E-state index is -0.929. The fraction of sp³-hybridized carbons (Fsp3) is 0.222. The molecule has 4 nitrogen and oxygen atoms in total. The number of anilines is 1. The van der Waals surface area contributed by atoms with Crippen molar-refractivity contribution in [2.75, 3.05) is 11.9 Å². The van der Waals surface area contributed by atoms with Crippen molar-refractivity contribution in [2.24, 2.45) is 0 Å². The number of carbonyl (C=O) groups is 1. The number of thiocarbonyl (C=S) groups is 1. The Morgan fingerprint density at radius 1 is 1.17 bits per heavy atom. The van der Waals surface area contributed by atoms with Gasteiger partial charge in [-0.1, -0.05) is 30.3 Å². The van der Waals surface area contributed by atoms with Gasteiger partial charge in [0, 0.05) is 12.2 Å². The number of carboxylic acids is 1. The molecule has 2 rings (SSSR count). The number of benzene rings is 2. The van der Waals surface area contributed by atoms with Crippen molar-refractivity contribution >= 4 is 29.0 Å². The van der Waals surface area contributed by atoms with Gasteiger partial charge in [0.2, 0.25) is 0 Å². The highest BCUT2D eigenvalue weighted by atomic mass is 32.1. The summed E-state index contributed by atoms with van der Waals surface area (Å²) >= 11 is 5.27. The molecule has 0 aliphatic rings. The van der Waals surface area contributed by atoms with Gasteiger partial charge < -0.3 is 15.7 Å². The first-order chi connectivity index (χ1) is 11.1. The van der Waals surface area contributed by atoms with Crippen LogP contribution in [-0.2, 0) is 6.42 Å². The van der Waals surface area contributed by atoms with Gasteiger partial charge in [0.25, 0.3) is 0 Å². The van der Waals surface area contributed by atoms with Crippen LogP contribution in [0.5, 0.6) is 0 Å². The second kappa shape index (κ2) is 8.29. The van der Waals surface area contributed by atoms with Gasteiger partial charge in [-0.05, 0) is 61.3 Å². The van der Waals surface area contributed by atoms with Crippen molar-refractivity contribution in [1.82, 2.24) is 5.32 Å². The summed E-state index contributed by atoms with van der Waals surface area (Å²) in [5.41, 5.74) is 3.25. The van der Waals surface area contributed by atoms with Gasteiger partial charge in [-0.2, -0.15) is 0 Å². The number of rotatable bonds is 6. The SMILES string of the molecule is Cc1cc(C(=O)O)ccc1NC(=S)NCCCc1ccccc1. The van der Waals surface area contributed by atoms with Crippen LogP contribution in [0.4, 0.5) is 5.69 Å². The molecule has 0 bridgehead atoms. The Hall–Kier alpha value is -2.40. The fourth-order valence-electron chi connectivity index (χ4n) is 2.24. The number of aryl methyl sites for hydroxylation is 2. The normalized spacial score (nSPS) is 10.1. The van der Waals surface area contributed by atoms with E-state index < -0.39 is 5.97 Å². The Morgan fingerprint density at radius 3 is 2.57 bits per heavy atom. The van der Waals surface area contributed by atoms with E-state index in [0.717, 1.165) is 30.6 Å². The molecule has 0 atom stereocenters. The molecule has 0 aromatic heterocycles. The second-order valence-electron chi connectivity index (χ2n) is 5.30. The lowest BCUT2D eigenvalue weighted by molar-refractivity contribution is 0.0697. The molecule has 0 radical (unpaired) electrons. The van der Waals surface area contributed by atoms with E-state index in [1.807, 2.05) is 25.1 Å². The maximum Gasteiger partial charge on any atom is 0.335 e. The average molecular weight is 328 g/mol. The minimum Gasteiger partial charge on any atom is -0.478 e. The molecule has 23 heavy (non-hydrogen) atoms. The molecular formula is C18H20N2O2S. The molecular weight excluding hydrogens is 308 g/mol. The summed E-state index contributed by atoms with van der Waals surface area (Å²) in [6.07, 6.45) is 1.99. The third kappa shape index (κ3) is 5.38. The van der Waals surface area contributed by atoms with Crippen LogP contribution in [0.25, 0.3) is 0 Å². The van der Waals surface area contributed by atoms with Crippen LogP contribution in [0, 0.1) is 6.92 Å². The number of nitrogens with one attached hydrogen (secondary N) is 2. The maximum absolute atomic E-state index is 10.9. The molecule has 0 unspecified atom stereocenters. The van der Waals surface area contributed by atoms with Gasteiger partial charge in [0.15, 0.2) is 5.11 Å². The highest BCUT2D eigenvalue weighted by Crippen LogP contribution is 2.16. The van der Waals surface area contributed by atoms with Crippen molar-refractivity contribution < 1.29 is 9.90 Å². The van der Waals surface area contributed by atoms with Gasteiger partial charge >= 0.3 is 5.97 Å². The molecule has 0 fully saturated rings. The zero-order valence-electron chi connectivity index (χ0n) is 13.0. The monoisotopic (exact) mass is 328 g/mol. The summed E-state index contributed by atoms with van der Waals surface area (Å²) in [5.74, 6) is -0.929. The lowest BCUT2D eigenvalue weighted by Crippen LogP contribution is -2.29. The Balaban J connectivity index is 1.77. The number of hydrogen-bond donors (Lipinski definition) is 3. The molecule has 0 spiro atoms. The average Bonchev–Trinajstić information content (AvgIpc) is 2.54. The van der Waals surface area contributed by atoms with E-state index in [0.29, 0.717) is 5.11 Å². The van der Waals surface area contributed by atoms with Crippen molar-refractivity contribution in [3.05, 3.63) is 65.2 Å². The highest BCUT2D eigenvalue weighted by molar-refractivity contribution is 7.80. The smallest absolute Gasteiger partial charge is 0.335 e. The molecule has 0 heterocycles. The topological polar surface area (TPSA) is 61.4 Å². The summed E-state index contributed by atoms with van der Waals surface area (Å²) in [4.78, 5) is 10.9. The molecule has 0 amide bonds. The molecule has 3 N–H and O–H groups in total. The van der Waals surface area contributed by atoms with E-state index in [9.17, 15) is 4.79 Å². The molecule has 0 saturated heterocycles. The first-order valence-corrected chi connectivity index (χ1v) is 7.90. The van der Waals surface area contributed by atoms with Crippen LogP contribution in [0.3, 0.4) is 0 Å². The van der Waals surface area contributed by atoms with Crippen molar-refractivity contribution in [2.45, 2.75) is 19.8 Å². The van der Waals surface area contributed by atoms with Gasteiger partial charge in [-0.25, -0.2) is 4.79 Å². The lowest BCUT2D eigenvalue weighted by Gasteiger charge is -2.13. The third-order valence-electron chi connectivity index (χ3n) is 3.49. The van der Waals surface area contributed by atoms with Crippen LogP contribution in [0.1, 0.15) is 27.9 Å². The van der Waals surface area contributed by atoms with Crippen molar-refractivity contribution in [3.8, 4) is 0 Å². The van der Waals surface area contributed by atoms with Crippen LogP contribution in [-0.4, -0.2) is 22.7 Å². The van der Waals surface area contributed by atoms with E-state index in [1.54, 1.807) is 18.2 Å². The summed E-state index contributed by atoms with van der Waals surface area (Å²) in [5, 5.41) is 15.8. The van der Waals surface area contributed by atoms with Gasteiger partial charge in [0.05, 0.1) is 5.56 Å². The molecule has 0 aliphatic carbocycles. The van der Waals surface area contributed by atoms with Crippen LogP contribution < -0.4 is 10.6 Å². The number of carboxylic acid groups (broad SMARTS) is 1. The van der Waals surface area contributed by atoms with Crippen LogP contribution in [0.2, 0.25) is 0 Å². The summed E-state index contributed by atoms with van der Waals surface area (Å²) in [6.45, 7) is 2.64.